The highest BCUT2D eigenvalue weighted by Gasteiger charge is 2.61. The molecule has 1 aliphatic carbocycles. The second-order valence-corrected chi connectivity index (χ2v) is 10.1. The average molecular weight is 457 g/mol. The van der Waals surface area contributed by atoms with E-state index < -0.39 is 11.8 Å². The predicted molar refractivity (Wildman–Crippen MR) is 121 cm³/mol. The molecule has 0 radical (unpaired) electrons. The quantitative estimate of drug-likeness (QED) is 0.682. The van der Waals surface area contributed by atoms with Gasteiger partial charge in [0.05, 0.1) is 17.4 Å². The normalized spacial score (nSPS) is 30.5. The monoisotopic (exact) mass is 456 g/mol. The van der Waals surface area contributed by atoms with E-state index in [4.69, 9.17) is 14.2 Å². The minimum atomic E-state index is -0.658. The molecular weight excluding hydrogens is 424 g/mol. The van der Waals surface area contributed by atoms with Crippen molar-refractivity contribution in [1.29, 1.82) is 0 Å². The van der Waals surface area contributed by atoms with Crippen molar-refractivity contribution in [2.75, 3.05) is 6.54 Å². The van der Waals surface area contributed by atoms with Gasteiger partial charge in [-0.3, -0.25) is 9.47 Å². The molecule has 1 aromatic carbocycles. The van der Waals surface area contributed by atoms with E-state index in [0.717, 1.165) is 6.42 Å². The molecule has 3 aliphatic rings. The Bertz CT molecular complexity index is 1080. The highest BCUT2D eigenvalue weighted by Crippen LogP contribution is 2.48. The molecule has 0 amide bonds. The smallest absolute Gasteiger partial charge is 0.340 e. The maximum absolute atomic E-state index is 13.4. The minimum absolute atomic E-state index is 0.0415. The van der Waals surface area contributed by atoms with Crippen LogP contribution in [0.25, 0.3) is 5.69 Å². The summed E-state index contributed by atoms with van der Waals surface area (Å²) < 4.78 is 19.9. The number of aryl methyl sites for hydroxylation is 1. The summed E-state index contributed by atoms with van der Waals surface area (Å²) in [6.45, 7) is 10.4. The van der Waals surface area contributed by atoms with Gasteiger partial charge >= 0.3 is 5.97 Å². The molecule has 1 saturated carbocycles. The van der Waals surface area contributed by atoms with E-state index in [1.165, 1.54) is 10.6 Å². The van der Waals surface area contributed by atoms with Crippen LogP contribution in [-0.2, 0) is 14.2 Å². The van der Waals surface area contributed by atoms with Crippen LogP contribution in [-0.4, -0.2) is 68.4 Å². The molecule has 5 unspecified atom stereocenters. The van der Waals surface area contributed by atoms with Gasteiger partial charge in [-0.05, 0) is 53.2 Å². The number of piperidine rings is 1. The Kier molecular flexibility index (Phi) is 5.23. The molecule has 2 aliphatic heterocycles. The summed E-state index contributed by atoms with van der Waals surface area (Å²) in [5.74, 6) is -1.37. The molecule has 2 saturated heterocycles. The van der Waals surface area contributed by atoms with Gasteiger partial charge in [0.15, 0.2) is 11.7 Å². The fourth-order valence-electron chi connectivity index (χ4n) is 5.76. The molecule has 8 nitrogen and oxygen atoms in total. The number of para-hydroxylation sites is 1. The molecule has 2 N–H and O–H groups in total. The zero-order valence-electron chi connectivity index (χ0n) is 19.7. The lowest BCUT2D eigenvalue weighted by atomic mass is 9.93. The predicted octanol–water partition coefficient (Wildman–Crippen LogP) is 3.35. The molecular formula is C25H32N2O6. The van der Waals surface area contributed by atoms with Crippen LogP contribution in [0.15, 0.2) is 30.3 Å². The van der Waals surface area contributed by atoms with E-state index in [9.17, 15) is 15.0 Å². The Balaban J connectivity index is 1.45. The number of hydrogen-bond acceptors (Lipinski definition) is 7. The number of carbonyl (C=O) groups excluding carboxylic acids is 1. The summed E-state index contributed by atoms with van der Waals surface area (Å²) in [7, 11) is 0. The largest absolute Gasteiger partial charge is 0.494 e. The Morgan fingerprint density at radius 3 is 2.55 bits per heavy atom. The van der Waals surface area contributed by atoms with Crippen molar-refractivity contribution < 1.29 is 29.2 Å². The zero-order valence-corrected chi connectivity index (χ0v) is 19.7. The number of nitrogens with zero attached hydrogens (tertiary/aromatic N) is 2. The Hall–Kier alpha value is -2.55. The van der Waals surface area contributed by atoms with Crippen LogP contribution in [0.2, 0.25) is 0 Å². The molecule has 5 rings (SSSR count). The summed E-state index contributed by atoms with van der Waals surface area (Å²) in [5, 5.41) is 20.8. The number of ether oxygens (including phenoxy) is 3. The van der Waals surface area contributed by atoms with Crippen molar-refractivity contribution in [3.63, 3.8) is 0 Å². The summed E-state index contributed by atoms with van der Waals surface area (Å²) in [6.07, 6.45) is 0.328. The maximum Gasteiger partial charge on any atom is 0.340 e. The number of rotatable bonds is 4. The highest BCUT2D eigenvalue weighted by molar-refractivity contribution is 5.94. The first kappa shape index (κ1) is 22.3. The SMILES string of the molecule is Cc1cc(O)n(-c2ccccc2C(=O)OC2CN(C(C)C)C3CC2C2OC(C)(C)OC23)c1O. The van der Waals surface area contributed by atoms with Crippen LogP contribution in [0.3, 0.4) is 0 Å². The Labute approximate surface area is 193 Å². The first-order valence-electron chi connectivity index (χ1n) is 11.6. The molecule has 33 heavy (non-hydrogen) atoms. The first-order valence-corrected chi connectivity index (χ1v) is 11.6. The summed E-state index contributed by atoms with van der Waals surface area (Å²) in [6, 6.07) is 8.77. The number of aromatic hydroxyl groups is 2. The van der Waals surface area contributed by atoms with Crippen LogP contribution in [0, 0.1) is 12.8 Å². The van der Waals surface area contributed by atoms with Crippen LogP contribution in [0.4, 0.5) is 0 Å². The Morgan fingerprint density at radius 1 is 1.18 bits per heavy atom. The lowest BCUT2D eigenvalue weighted by molar-refractivity contribution is -0.177. The fraction of sp³-hybridized carbons (Fsp3) is 0.560. The van der Waals surface area contributed by atoms with Gasteiger partial charge in [-0.1, -0.05) is 12.1 Å². The molecule has 3 heterocycles. The number of benzene rings is 1. The van der Waals surface area contributed by atoms with E-state index in [1.807, 2.05) is 13.8 Å². The van der Waals surface area contributed by atoms with Gasteiger partial charge in [0.25, 0.3) is 0 Å². The van der Waals surface area contributed by atoms with Crippen molar-refractivity contribution in [3.05, 3.63) is 41.5 Å². The number of carbonyl (C=O) groups is 1. The number of esters is 1. The van der Waals surface area contributed by atoms with E-state index in [1.54, 1.807) is 31.2 Å². The third-order valence-electron chi connectivity index (χ3n) is 7.20. The molecule has 5 atom stereocenters. The van der Waals surface area contributed by atoms with E-state index >= 15 is 0 Å². The van der Waals surface area contributed by atoms with Crippen LogP contribution in [0.5, 0.6) is 11.8 Å². The van der Waals surface area contributed by atoms with E-state index in [2.05, 4.69) is 18.7 Å². The summed E-state index contributed by atoms with van der Waals surface area (Å²) in [5.41, 5.74) is 1.15. The van der Waals surface area contributed by atoms with Crippen molar-refractivity contribution in [2.45, 2.75) is 77.2 Å². The van der Waals surface area contributed by atoms with Gasteiger partial charge in [-0.2, -0.15) is 0 Å². The zero-order chi connectivity index (χ0) is 23.7. The Morgan fingerprint density at radius 2 is 1.88 bits per heavy atom. The van der Waals surface area contributed by atoms with Gasteiger partial charge < -0.3 is 24.4 Å². The lowest BCUT2D eigenvalue weighted by Crippen LogP contribution is -2.53. The summed E-state index contributed by atoms with van der Waals surface area (Å²) in [4.78, 5) is 15.8. The molecule has 2 bridgehead atoms. The number of fused-ring (bicyclic) bond motifs is 5. The highest BCUT2D eigenvalue weighted by atomic mass is 16.8. The lowest BCUT2D eigenvalue weighted by Gasteiger charge is -2.42. The van der Waals surface area contributed by atoms with Gasteiger partial charge in [-0.25, -0.2) is 4.79 Å². The molecule has 1 aromatic heterocycles. The second kappa shape index (κ2) is 7.75. The molecule has 3 fully saturated rings. The summed E-state index contributed by atoms with van der Waals surface area (Å²) >= 11 is 0. The van der Waals surface area contributed by atoms with E-state index in [-0.39, 0.29) is 53.6 Å². The molecule has 178 valence electrons. The van der Waals surface area contributed by atoms with Crippen LogP contribution in [0.1, 0.15) is 50.0 Å². The van der Waals surface area contributed by atoms with Crippen LogP contribution < -0.4 is 0 Å². The van der Waals surface area contributed by atoms with Crippen LogP contribution >= 0.6 is 0 Å². The molecule has 0 spiro atoms. The third kappa shape index (κ3) is 3.61. The van der Waals surface area contributed by atoms with Gasteiger partial charge in [0.2, 0.25) is 5.88 Å². The fourth-order valence-corrected chi connectivity index (χ4v) is 5.76. The second-order valence-electron chi connectivity index (χ2n) is 10.1. The number of hydrogen-bond donors (Lipinski definition) is 2. The van der Waals surface area contributed by atoms with Gasteiger partial charge in [0.1, 0.15) is 12.2 Å². The average Bonchev–Trinajstić information content (AvgIpc) is 3.31. The van der Waals surface area contributed by atoms with Crippen molar-refractivity contribution in [3.8, 4) is 17.4 Å². The maximum atomic E-state index is 13.4. The van der Waals surface area contributed by atoms with Gasteiger partial charge in [0, 0.05) is 36.2 Å². The standard InChI is InChI=1S/C25H32N2O6/c1-13(2)26-12-19(16-11-18(26)22-21(16)32-25(4,5)33-22)31-24(30)15-8-6-7-9-17(15)27-20(28)10-14(3)23(27)29/h6-10,13,16,18-19,21-22,28-29H,11-12H2,1-5H3. The van der Waals surface area contributed by atoms with Crippen molar-refractivity contribution >= 4 is 5.97 Å². The molecule has 8 heteroatoms. The van der Waals surface area contributed by atoms with Gasteiger partial charge in [-0.15, -0.1) is 0 Å². The third-order valence-corrected chi connectivity index (χ3v) is 7.20. The first-order chi connectivity index (χ1) is 15.6. The number of aromatic nitrogens is 1. The van der Waals surface area contributed by atoms with E-state index in [0.29, 0.717) is 17.8 Å². The van der Waals surface area contributed by atoms with Crippen molar-refractivity contribution in [1.82, 2.24) is 9.47 Å². The topological polar surface area (TPSA) is 93.4 Å². The van der Waals surface area contributed by atoms with Crippen molar-refractivity contribution in [2.24, 2.45) is 5.92 Å². The molecule has 2 aromatic rings. The minimum Gasteiger partial charge on any atom is -0.494 e. The number of likely N-dealkylation sites (tertiary alicyclic amines) is 1.